The van der Waals surface area contributed by atoms with Crippen molar-refractivity contribution in [2.24, 2.45) is 0 Å². The molecule has 0 N–H and O–H groups in total. The smallest absolute Gasteiger partial charge is 0.171 e. The highest BCUT2D eigenvalue weighted by Gasteiger charge is 2.29. The third-order valence-corrected chi connectivity index (χ3v) is 7.25. The summed E-state index contributed by atoms with van der Waals surface area (Å²) in [6.07, 6.45) is 1.77. The first-order valence-corrected chi connectivity index (χ1v) is 9.56. The van der Waals surface area contributed by atoms with Crippen molar-refractivity contribution in [3.63, 3.8) is 0 Å². The van der Waals surface area contributed by atoms with Crippen molar-refractivity contribution in [3.05, 3.63) is 97.2 Å². The third kappa shape index (κ3) is 2.46. The third-order valence-electron chi connectivity index (χ3n) is 4.19. The van der Waals surface area contributed by atoms with Crippen molar-refractivity contribution in [3.8, 4) is 0 Å². The van der Waals surface area contributed by atoms with E-state index in [0.717, 1.165) is 26.8 Å². The summed E-state index contributed by atoms with van der Waals surface area (Å²) in [7, 11) is -2.92. The van der Waals surface area contributed by atoms with E-state index >= 15 is 0 Å². The molecule has 1 heterocycles. The molecule has 0 radical (unpaired) electrons. The van der Waals surface area contributed by atoms with Crippen LogP contribution in [0.1, 0.15) is 0 Å². The summed E-state index contributed by atoms with van der Waals surface area (Å²) in [5.41, 5.74) is 0.863. The van der Waals surface area contributed by atoms with Gasteiger partial charge < -0.3 is 4.57 Å². The van der Waals surface area contributed by atoms with Gasteiger partial charge in [-0.25, -0.2) is 0 Å². The summed E-state index contributed by atoms with van der Waals surface area (Å²) in [6, 6.07) is 29.2. The van der Waals surface area contributed by atoms with E-state index in [4.69, 9.17) is 0 Å². The maximum absolute atomic E-state index is 14.2. The molecule has 0 saturated carbocycles. The molecule has 0 aliphatic carbocycles. The van der Waals surface area contributed by atoms with Crippen LogP contribution in [0.15, 0.2) is 97.2 Å². The maximum atomic E-state index is 14.2. The van der Waals surface area contributed by atoms with Crippen LogP contribution in [0.25, 0.3) is 10.9 Å². The molecule has 0 bridgehead atoms. The number of nitrogens with zero attached hydrogens (tertiary/aromatic N) is 1. The molecule has 2 nitrogen and oxygen atoms in total. The van der Waals surface area contributed by atoms with Crippen LogP contribution in [0.2, 0.25) is 0 Å². The SMILES string of the molecule is O=P(c1ccccc1)(c1ccccc1)c1ccc2cccnc2c1. The molecule has 1 aromatic heterocycles. The number of fused-ring (bicyclic) bond motifs is 1. The second-order valence-electron chi connectivity index (χ2n) is 5.66. The highest BCUT2D eigenvalue weighted by molar-refractivity contribution is 7.85. The quantitative estimate of drug-likeness (QED) is 0.534. The van der Waals surface area contributed by atoms with E-state index in [0.29, 0.717) is 0 Å². The molecule has 0 amide bonds. The Morgan fingerprint density at radius 1 is 0.625 bits per heavy atom. The summed E-state index contributed by atoms with van der Waals surface area (Å²) in [5.74, 6) is 0. The fraction of sp³-hybridized carbons (Fsp3) is 0. The Balaban J connectivity index is 2.00. The molecule has 0 spiro atoms. The van der Waals surface area contributed by atoms with Crippen LogP contribution in [0, 0.1) is 0 Å². The minimum absolute atomic E-state index is 0.811. The maximum Gasteiger partial charge on any atom is 0.171 e. The Bertz CT molecular complexity index is 986. The average Bonchev–Trinajstić information content (AvgIpc) is 2.68. The zero-order valence-electron chi connectivity index (χ0n) is 13.0. The van der Waals surface area contributed by atoms with Gasteiger partial charge in [0, 0.05) is 27.5 Å². The van der Waals surface area contributed by atoms with Crippen LogP contribution in [0.5, 0.6) is 0 Å². The first-order valence-electron chi connectivity index (χ1n) is 7.85. The van der Waals surface area contributed by atoms with Crippen LogP contribution >= 0.6 is 7.14 Å². The topological polar surface area (TPSA) is 30.0 Å². The molecule has 116 valence electrons. The van der Waals surface area contributed by atoms with Gasteiger partial charge >= 0.3 is 0 Å². The second kappa shape index (κ2) is 6.07. The molecule has 4 rings (SSSR count). The van der Waals surface area contributed by atoms with Crippen molar-refractivity contribution in [2.45, 2.75) is 0 Å². The van der Waals surface area contributed by atoms with Gasteiger partial charge in [0.25, 0.3) is 0 Å². The summed E-state index contributed by atoms with van der Waals surface area (Å²) in [6.45, 7) is 0. The van der Waals surface area contributed by atoms with E-state index in [1.165, 1.54) is 0 Å². The molecular formula is C21H16NOP. The number of hydrogen-bond acceptors (Lipinski definition) is 2. The lowest BCUT2D eigenvalue weighted by Gasteiger charge is -2.20. The van der Waals surface area contributed by atoms with E-state index in [2.05, 4.69) is 4.98 Å². The molecule has 3 aromatic carbocycles. The summed E-state index contributed by atoms with van der Waals surface area (Å²) in [4.78, 5) is 4.42. The zero-order valence-corrected chi connectivity index (χ0v) is 13.9. The lowest BCUT2D eigenvalue weighted by atomic mass is 10.2. The molecule has 0 aliphatic heterocycles. The molecule has 0 atom stereocenters. The van der Waals surface area contributed by atoms with Crippen LogP contribution < -0.4 is 15.9 Å². The Kier molecular flexibility index (Phi) is 3.76. The van der Waals surface area contributed by atoms with Gasteiger partial charge in [0.2, 0.25) is 0 Å². The zero-order chi connectivity index (χ0) is 16.4. The molecule has 0 saturated heterocycles. The van der Waals surface area contributed by atoms with E-state index in [1.807, 2.05) is 91.0 Å². The van der Waals surface area contributed by atoms with Gasteiger partial charge in [0.15, 0.2) is 7.14 Å². The van der Waals surface area contributed by atoms with Crippen molar-refractivity contribution < 1.29 is 4.57 Å². The molecule has 0 aliphatic rings. The van der Waals surface area contributed by atoms with Crippen LogP contribution in [0.3, 0.4) is 0 Å². The van der Waals surface area contributed by atoms with Crippen molar-refractivity contribution in [1.82, 2.24) is 4.98 Å². The van der Waals surface area contributed by atoms with E-state index in [-0.39, 0.29) is 0 Å². The lowest BCUT2D eigenvalue weighted by Crippen LogP contribution is -2.24. The number of hydrogen-bond donors (Lipinski definition) is 0. The first kappa shape index (κ1) is 14.9. The fourth-order valence-electron chi connectivity index (χ4n) is 2.97. The van der Waals surface area contributed by atoms with Gasteiger partial charge in [0.05, 0.1) is 5.52 Å². The second-order valence-corrected chi connectivity index (χ2v) is 8.43. The van der Waals surface area contributed by atoms with Gasteiger partial charge in [-0.05, 0) is 12.1 Å². The molecule has 4 aromatic rings. The monoisotopic (exact) mass is 329 g/mol. The summed E-state index contributed by atoms with van der Waals surface area (Å²) in [5, 5.41) is 3.54. The molecule has 24 heavy (non-hydrogen) atoms. The predicted octanol–water partition coefficient (Wildman–Crippen LogP) is 3.87. The molecular weight excluding hydrogens is 313 g/mol. The first-order chi connectivity index (χ1) is 11.8. The summed E-state index contributed by atoms with van der Waals surface area (Å²) >= 11 is 0. The minimum atomic E-state index is -2.92. The Morgan fingerprint density at radius 2 is 1.25 bits per heavy atom. The Hall–Kier alpha value is -2.70. The lowest BCUT2D eigenvalue weighted by molar-refractivity contribution is 0.592. The normalized spacial score (nSPS) is 11.5. The fourth-order valence-corrected chi connectivity index (χ4v) is 5.64. The van der Waals surface area contributed by atoms with Gasteiger partial charge in [0.1, 0.15) is 0 Å². The van der Waals surface area contributed by atoms with E-state index in [9.17, 15) is 4.57 Å². The van der Waals surface area contributed by atoms with Crippen LogP contribution in [0.4, 0.5) is 0 Å². The highest BCUT2D eigenvalue weighted by Crippen LogP contribution is 2.42. The van der Waals surface area contributed by atoms with E-state index < -0.39 is 7.14 Å². The largest absolute Gasteiger partial charge is 0.309 e. The summed E-state index contributed by atoms with van der Waals surface area (Å²) < 4.78 is 14.2. The average molecular weight is 329 g/mol. The molecule has 0 fully saturated rings. The van der Waals surface area contributed by atoms with Gasteiger partial charge in [-0.15, -0.1) is 0 Å². The van der Waals surface area contributed by atoms with Crippen molar-refractivity contribution in [1.29, 1.82) is 0 Å². The number of benzene rings is 3. The van der Waals surface area contributed by atoms with Crippen LogP contribution in [-0.2, 0) is 4.57 Å². The standard InChI is InChI=1S/C21H16NOP/c23-24(18-9-3-1-4-10-18,19-11-5-2-6-12-19)20-14-13-17-8-7-15-22-21(17)16-20/h1-16H. The Morgan fingerprint density at radius 3 is 1.88 bits per heavy atom. The van der Waals surface area contributed by atoms with Crippen molar-refractivity contribution in [2.75, 3.05) is 0 Å². The Labute approximate surface area is 141 Å². The van der Waals surface area contributed by atoms with Crippen molar-refractivity contribution >= 4 is 34.0 Å². The molecule has 3 heteroatoms. The molecule has 0 unspecified atom stereocenters. The van der Waals surface area contributed by atoms with Crippen LogP contribution in [-0.4, -0.2) is 4.98 Å². The number of aromatic nitrogens is 1. The number of pyridine rings is 1. The minimum Gasteiger partial charge on any atom is -0.309 e. The van der Waals surface area contributed by atoms with E-state index in [1.54, 1.807) is 6.20 Å². The number of rotatable bonds is 3. The predicted molar refractivity (Wildman–Crippen MR) is 101 cm³/mol. The highest BCUT2D eigenvalue weighted by atomic mass is 31.2. The van der Waals surface area contributed by atoms with Gasteiger partial charge in [-0.2, -0.15) is 0 Å². The van der Waals surface area contributed by atoms with Gasteiger partial charge in [-0.1, -0.05) is 78.9 Å². The van der Waals surface area contributed by atoms with Gasteiger partial charge in [-0.3, -0.25) is 4.98 Å².